The van der Waals surface area contributed by atoms with Crippen LogP contribution in [0, 0.1) is 29.2 Å². The average molecular weight is 443 g/mol. The molecule has 0 radical (unpaired) electrons. The van der Waals surface area contributed by atoms with E-state index in [4.69, 9.17) is 12.2 Å². The first-order chi connectivity index (χ1) is 14.1. The van der Waals surface area contributed by atoms with Gasteiger partial charge in [0.2, 0.25) is 17.5 Å². The molecule has 2 amide bonds. The number of anilines is 2. The smallest absolute Gasteiger partial charge is 0.263 e. The Bertz CT molecular complexity index is 986. The van der Waals surface area contributed by atoms with Gasteiger partial charge in [0, 0.05) is 17.3 Å². The molecular formula is C19H17F4N3O3S. The second kappa shape index (κ2) is 9.53. The van der Waals surface area contributed by atoms with Gasteiger partial charge < -0.3 is 15.4 Å². The molecule has 0 saturated heterocycles. The van der Waals surface area contributed by atoms with E-state index in [0.717, 1.165) is 7.11 Å². The normalized spacial score (nSPS) is 10.5. The van der Waals surface area contributed by atoms with Gasteiger partial charge in [-0.3, -0.25) is 14.9 Å². The van der Waals surface area contributed by atoms with Crippen molar-refractivity contribution in [2.24, 2.45) is 5.92 Å². The zero-order valence-corrected chi connectivity index (χ0v) is 16.8. The predicted molar refractivity (Wildman–Crippen MR) is 106 cm³/mol. The number of hydrogen-bond donors (Lipinski definition) is 3. The van der Waals surface area contributed by atoms with Crippen molar-refractivity contribution in [2.75, 3.05) is 17.7 Å². The Kier molecular flexibility index (Phi) is 7.33. The van der Waals surface area contributed by atoms with Crippen LogP contribution in [-0.4, -0.2) is 24.0 Å². The van der Waals surface area contributed by atoms with Gasteiger partial charge in [-0.15, -0.1) is 0 Å². The molecule has 2 aromatic rings. The van der Waals surface area contributed by atoms with Gasteiger partial charge in [-0.25, -0.2) is 8.78 Å². The quantitative estimate of drug-likeness (QED) is 0.370. The summed E-state index contributed by atoms with van der Waals surface area (Å²) in [4.78, 5) is 23.9. The van der Waals surface area contributed by atoms with Crippen LogP contribution in [-0.2, 0) is 4.79 Å². The highest BCUT2D eigenvalue weighted by molar-refractivity contribution is 7.80. The highest BCUT2D eigenvalue weighted by atomic mass is 32.1. The van der Waals surface area contributed by atoms with Crippen LogP contribution in [0.2, 0.25) is 0 Å². The van der Waals surface area contributed by atoms with Crippen molar-refractivity contribution in [1.29, 1.82) is 0 Å². The Morgan fingerprint density at radius 3 is 2.00 bits per heavy atom. The average Bonchev–Trinajstić information content (AvgIpc) is 2.67. The van der Waals surface area contributed by atoms with E-state index in [1.807, 2.05) is 5.32 Å². The van der Waals surface area contributed by atoms with Gasteiger partial charge in [-0.1, -0.05) is 19.9 Å². The number of halogens is 4. The minimum absolute atomic E-state index is 0.225. The number of ether oxygens (including phenoxy) is 1. The van der Waals surface area contributed by atoms with Gasteiger partial charge in [0.05, 0.1) is 7.11 Å². The van der Waals surface area contributed by atoms with Gasteiger partial charge in [-0.2, -0.15) is 8.78 Å². The molecule has 11 heteroatoms. The molecule has 0 heterocycles. The molecule has 0 aliphatic heterocycles. The molecule has 0 spiro atoms. The Balaban J connectivity index is 2.16. The molecule has 3 N–H and O–H groups in total. The van der Waals surface area contributed by atoms with Crippen LogP contribution in [0.3, 0.4) is 0 Å². The van der Waals surface area contributed by atoms with E-state index in [1.165, 1.54) is 12.1 Å². The third kappa shape index (κ3) is 5.03. The fourth-order valence-electron chi connectivity index (χ4n) is 2.28. The van der Waals surface area contributed by atoms with Gasteiger partial charge in [-0.05, 0) is 30.4 Å². The maximum absolute atomic E-state index is 14.0. The van der Waals surface area contributed by atoms with Gasteiger partial charge in [0.15, 0.2) is 22.5 Å². The van der Waals surface area contributed by atoms with E-state index < -0.39 is 45.6 Å². The Labute approximate surface area is 174 Å². The number of benzene rings is 2. The Morgan fingerprint density at radius 2 is 1.50 bits per heavy atom. The molecule has 2 aromatic carbocycles. The van der Waals surface area contributed by atoms with Crippen molar-refractivity contribution in [3.63, 3.8) is 0 Å². The van der Waals surface area contributed by atoms with Crippen molar-refractivity contribution < 1.29 is 31.9 Å². The van der Waals surface area contributed by atoms with E-state index in [1.54, 1.807) is 26.0 Å². The lowest BCUT2D eigenvalue weighted by atomic mass is 10.1. The summed E-state index contributed by atoms with van der Waals surface area (Å²) in [6.45, 7) is 3.43. The first kappa shape index (κ1) is 23.1. The number of carbonyl (C=O) groups excluding carboxylic acids is 2. The van der Waals surface area contributed by atoms with Crippen LogP contribution >= 0.6 is 12.2 Å². The molecule has 0 saturated carbocycles. The first-order valence-electron chi connectivity index (χ1n) is 8.50. The number of amides is 2. The van der Waals surface area contributed by atoms with Crippen LogP contribution in [0.25, 0.3) is 0 Å². The third-order valence-corrected chi connectivity index (χ3v) is 4.00. The van der Waals surface area contributed by atoms with Crippen LogP contribution in [0.5, 0.6) is 5.75 Å². The van der Waals surface area contributed by atoms with E-state index in [0.29, 0.717) is 11.4 Å². The fraction of sp³-hybridized carbons (Fsp3) is 0.211. The molecule has 0 bridgehead atoms. The van der Waals surface area contributed by atoms with E-state index >= 15 is 0 Å². The number of nitrogens with one attached hydrogen (secondary N) is 3. The summed E-state index contributed by atoms with van der Waals surface area (Å²) in [5, 5.41) is 6.76. The molecule has 2 rings (SSSR count). The topological polar surface area (TPSA) is 79.5 Å². The summed E-state index contributed by atoms with van der Waals surface area (Å²) in [6.07, 6.45) is 0. The Morgan fingerprint density at radius 1 is 0.967 bits per heavy atom. The van der Waals surface area contributed by atoms with Gasteiger partial charge in [0.1, 0.15) is 5.56 Å². The predicted octanol–water partition coefficient (Wildman–Crippen LogP) is 3.97. The molecule has 0 atom stereocenters. The van der Waals surface area contributed by atoms with Gasteiger partial charge >= 0.3 is 0 Å². The van der Waals surface area contributed by atoms with E-state index in [-0.39, 0.29) is 11.8 Å². The van der Waals surface area contributed by atoms with Crippen molar-refractivity contribution in [2.45, 2.75) is 13.8 Å². The highest BCUT2D eigenvalue weighted by Gasteiger charge is 2.30. The van der Waals surface area contributed by atoms with Crippen LogP contribution in [0.1, 0.15) is 24.2 Å². The van der Waals surface area contributed by atoms with Crippen LogP contribution in [0.15, 0.2) is 24.3 Å². The maximum atomic E-state index is 14.0. The van der Waals surface area contributed by atoms with Crippen molar-refractivity contribution in [3.05, 3.63) is 53.1 Å². The lowest BCUT2D eigenvalue weighted by molar-refractivity contribution is -0.118. The molecule has 0 fully saturated rings. The molecule has 6 nitrogen and oxygen atoms in total. The molecule has 0 aromatic heterocycles. The monoisotopic (exact) mass is 443 g/mol. The summed E-state index contributed by atoms with van der Waals surface area (Å²) >= 11 is 4.90. The van der Waals surface area contributed by atoms with Crippen molar-refractivity contribution in [3.8, 4) is 5.75 Å². The fourth-order valence-corrected chi connectivity index (χ4v) is 2.49. The lowest BCUT2D eigenvalue weighted by Gasteiger charge is -2.13. The summed E-state index contributed by atoms with van der Waals surface area (Å²) in [5.74, 6) is -10.8. The SMILES string of the molecule is COc1c(F)c(F)c(C(=O)NC(=S)Nc2cccc(NC(=O)C(C)C)c2)c(F)c1F. The number of hydrogen-bond acceptors (Lipinski definition) is 4. The summed E-state index contributed by atoms with van der Waals surface area (Å²) in [7, 11) is 0.816. The minimum atomic E-state index is -1.93. The van der Waals surface area contributed by atoms with E-state index in [9.17, 15) is 27.2 Å². The van der Waals surface area contributed by atoms with Crippen molar-refractivity contribution in [1.82, 2.24) is 5.32 Å². The number of thiocarbonyl (C=S) groups is 1. The molecule has 0 aliphatic rings. The number of carbonyl (C=O) groups is 2. The minimum Gasteiger partial charge on any atom is -0.491 e. The molecule has 0 unspecified atom stereocenters. The zero-order valence-electron chi connectivity index (χ0n) is 16.0. The largest absolute Gasteiger partial charge is 0.491 e. The summed E-state index contributed by atoms with van der Waals surface area (Å²) < 4.78 is 59.9. The van der Waals surface area contributed by atoms with E-state index in [2.05, 4.69) is 15.4 Å². The molecular weight excluding hydrogens is 426 g/mol. The third-order valence-electron chi connectivity index (χ3n) is 3.79. The van der Waals surface area contributed by atoms with Crippen LogP contribution < -0.4 is 20.7 Å². The Hall–Kier alpha value is -3.21. The number of methoxy groups -OCH3 is 1. The summed E-state index contributed by atoms with van der Waals surface area (Å²) in [6, 6.07) is 6.22. The zero-order chi connectivity index (χ0) is 22.6. The second-order valence-electron chi connectivity index (χ2n) is 6.30. The maximum Gasteiger partial charge on any atom is 0.263 e. The van der Waals surface area contributed by atoms with Gasteiger partial charge in [0.25, 0.3) is 5.91 Å². The van der Waals surface area contributed by atoms with Crippen LogP contribution in [0.4, 0.5) is 28.9 Å². The molecule has 30 heavy (non-hydrogen) atoms. The second-order valence-corrected chi connectivity index (χ2v) is 6.71. The standard InChI is InChI=1S/C19H17F4N3O3S/c1-8(2)17(27)24-9-5-4-6-10(7-9)25-19(30)26-18(28)11-12(20)14(22)16(29-3)15(23)13(11)21/h4-8H,1-3H3,(H,24,27)(H2,25,26,28,30). The summed E-state index contributed by atoms with van der Waals surface area (Å²) in [5.41, 5.74) is -0.730. The first-order valence-corrected chi connectivity index (χ1v) is 8.90. The van der Waals surface area contributed by atoms with Crippen molar-refractivity contribution >= 4 is 40.5 Å². The number of rotatable bonds is 5. The lowest BCUT2D eigenvalue weighted by Crippen LogP contribution is -2.35. The molecule has 160 valence electrons. The molecule has 0 aliphatic carbocycles. The highest BCUT2D eigenvalue weighted by Crippen LogP contribution is 2.29.